The fourth-order valence-corrected chi connectivity index (χ4v) is 4.26. The molecule has 0 aliphatic rings. The number of aromatic nitrogens is 1. The molecule has 3 rings (SSSR count). The zero-order valence-electron chi connectivity index (χ0n) is 18.1. The van der Waals surface area contributed by atoms with E-state index in [1.54, 1.807) is 6.92 Å². The number of nitrogens with zero attached hydrogens (tertiary/aromatic N) is 1. The van der Waals surface area contributed by atoms with Crippen molar-refractivity contribution in [1.82, 2.24) is 5.16 Å². The maximum atomic E-state index is 12.4. The van der Waals surface area contributed by atoms with E-state index in [1.165, 1.54) is 30.3 Å². The van der Waals surface area contributed by atoms with Crippen molar-refractivity contribution in [2.75, 3.05) is 16.6 Å². The van der Waals surface area contributed by atoms with E-state index in [-0.39, 0.29) is 29.1 Å². The number of aryl methyl sites for hydroxylation is 2. The summed E-state index contributed by atoms with van der Waals surface area (Å²) in [7, 11) is -3.83. The summed E-state index contributed by atoms with van der Waals surface area (Å²) in [6, 6.07) is 11.2. The number of benzene rings is 2. The molecule has 1 aromatic heterocycles. The zero-order chi connectivity index (χ0) is 23.5. The molecule has 0 fully saturated rings. The molecule has 0 aliphatic heterocycles. The van der Waals surface area contributed by atoms with Gasteiger partial charge < -0.3 is 14.6 Å². The van der Waals surface area contributed by atoms with Crippen LogP contribution in [0.25, 0.3) is 0 Å². The molecule has 0 saturated heterocycles. The van der Waals surface area contributed by atoms with Crippen LogP contribution in [0, 0.1) is 13.8 Å². The highest BCUT2D eigenvalue weighted by Gasteiger charge is 2.17. The number of carbonyl (C=O) groups is 1. The van der Waals surface area contributed by atoms with Crippen LogP contribution < -0.4 is 14.8 Å². The van der Waals surface area contributed by atoms with E-state index in [4.69, 9.17) is 9.26 Å². The number of nitrogens with one attached hydrogen (secondary N) is 2. The van der Waals surface area contributed by atoms with Gasteiger partial charge in [-0.25, -0.2) is 8.42 Å². The quantitative estimate of drug-likeness (QED) is 0.431. The molecule has 1 heterocycles. The zero-order valence-corrected chi connectivity index (χ0v) is 20.5. The predicted molar refractivity (Wildman–Crippen MR) is 126 cm³/mol. The standard InChI is InChI=1S/C22H24BrN3O5S/c1-13(2)18-11-19(23)14(3)9-20(18)30-12-22(27)24-16-5-7-17(8-6-16)32(28,29)26-21-10-15(4)31-25-21/h5-11,13H,12H2,1-4H3,(H,24,27)(H,25,26). The first kappa shape index (κ1) is 23.8. The van der Waals surface area contributed by atoms with Crippen LogP contribution in [0.5, 0.6) is 5.75 Å². The molecule has 0 atom stereocenters. The van der Waals surface area contributed by atoms with Gasteiger partial charge in [-0.2, -0.15) is 0 Å². The van der Waals surface area contributed by atoms with Crippen molar-refractivity contribution in [1.29, 1.82) is 0 Å². The van der Waals surface area contributed by atoms with Gasteiger partial charge in [-0.05, 0) is 67.3 Å². The predicted octanol–water partition coefficient (Wildman–Crippen LogP) is 5.00. The third-order valence-electron chi connectivity index (χ3n) is 4.59. The lowest BCUT2D eigenvalue weighted by molar-refractivity contribution is -0.118. The Hall–Kier alpha value is -2.85. The minimum Gasteiger partial charge on any atom is -0.483 e. The molecule has 32 heavy (non-hydrogen) atoms. The monoisotopic (exact) mass is 521 g/mol. The normalized spacial score (nSPS) is 11.4. The maximum Gasteiger partial charge on any atom is 0.263 e. The van der Waals surface area contributed by atoms with Crippen LogP contribution in [-0.4, -0.2) is 26.1 Å². The van der Waals surface area contributed by atoms with E-state index in [0.29, 0.717) is 17.2 Å². The molecule has 0 saturated carbocycles. The fraction of sp³-hybridized carbons (Fsp3) is 0.273. The number of carbonyl (C=O) groups excluding carboxylic acids is 1. The highest BCUT2D eigenvalue weighted by atomic mass is 79.9. The average molecular weight is 522 g/mol. The molecule has 170 valence electrons. The summed E-state index contributed by atoms with van der Waals surface area (Å²) < 4.78 is 38.8. The van der Waals surface area contributed by atoms with E-state index in [0.717, 1.165) is 15.6 Å². The molecule has 0 radical (unpaired) electrons. The highest BCUT2D eigenvalue weighted by molar-refractivity contribution is 9.10. The van der Waals surface area contributed by atoms with Crippen LogP contribution in [-0.2, 0) is 14.8 Å². The average Bonchev–Trinajstić information content (AvgIpc) is 3.12. The van der Waals surface area contributed by atoms with Crippen LogP contribution in [0.2, 0.25) is 0 Å². The number of anilines is 2. The van der Waals surface area contributed by atoms with Crippen molar-refractivity contribution in [2.45, 2.75) is 38.5 Å². The Morgan fingerprint density at radius 3 is 2.44 bits per heavy atom. The number of hydrogen-bond acceptors (Lipinski definition) is 6. The lowest BCUT2D eigenvalue weighted by atomic mass is 10.0. The first-order valence-electron chi connectivity index (χ1n) is 9.84. The van der Waals surface area contributed by atoms with Gasteiger partial charge in [-0.15, -0.1) is 0 Å². The summed E-state index contributed by atoms with van der Waals surface area (Å²) in [6.45, 7) is 7.55. The molecule has 3 aromatic rings. The molecular formula is C22H24BrN3O5S. The minimum atomic E-state index is -3.83. The smallest absolute Gasteiger partial charge is 0.263 e. The van der Waals surface area contributed by atoms with Crippen LogP contribution in [0.4, 0.5) is 11.5 Å². The molecule has 0 bridgehead atoms. The molecule has 0 spiro atoms. The molecule has 2 N–H and O–H groups in total. The summed E-state index contributed by atoms with van der Waals surface area (Å²) >= 11 is 3.52. The van der Waals surface area contributed by atoms with Crippen molar-refractivity contribution in [3.63, 3.8) is 0 Å². The van der Waals surface area contributed by atoms with Gasteiger partial charge in [0.25, 0.3) is 15.9 Å². The fourth-order valence-electron chi connectivity index (χ4n) is 2.92. The lowest BCUT2D eigenvalue weighted by Crippen LogP contribution is -2.21. The Morgan fingerprint density at radius 2 is 1.84 bits per heavy atom. The number of rotatable bonds is 8. The third kappa shape index (κ3) is 5.89. The van der Waals surface area contributed by atoms with Crippen molar-refractivity contribution in [3.8, 4) is 5.75 Å². The maximum absolute atomic E-state index is 12.4. The Morgan fingerprint density at radius 1 is 1.16 bits per heavy atom. The molecule has 1 amide bonds. The first-order chi connectivity index (χ1) is 15.0. The summed E-state index contributed by atoms with van der Waals surface area (Å²) in [6.07, 6.45) is 0. The van der Waals surface area contributed by atoms with Gasteiger partial charge in [0.1, 0.15) is 11.5 Å². The summed E-state index contributed by atoms with van der Waals surface area (Å²) in [5, 5.41) is 6.32. The van der Waals surface area contributed by atoms with E-state index in [9.17, 15) is 13.2 Å². The topological polar surface area (TPSA) is 111 Å². The third-order valence-corrected chi connectivity index (χ3v) is 6.81. The van der Waals surface area contributed by atoms with Crippen LogP contribution in [0.3, 0.4) is 0 Å². The molecule has 2 aromatic carbocycles. The Balaban J connectivity index is 1.62. The van der Waals surface area contributed by atoms with E-state index in [1.807, 2.05) is 19.1 Å². The second-order valence-corrected chi connectivity index (χ2v) is 10.1. The summed E-state index contributed by atoms with van der Waals surface area (Å²) in [5.74, 6) is 1.12. The van der Waals surface area contributed by atoms with Crippen LogP contribution in [0.1, 0.15) is 36.7 Å². The minimum absolute atomic E-state index is 0.0271. The summed E-state index contributed by atoms with van der Waals surface area (Å²) in [4.78, 5) is 12.4. The van der Waals surface area contributed by atoms with Crippen molar-refractivity contribution in [3.05, 3.63) is 63.8 Å². The largest absolute Gasteiger partial charge is 0.483 e. The Kier molecular flexibility index (Phi) is 7.25. The van der Waals surface area contributed by atoms with E-state index < -0.39 is 10.0 Å². The van der Waals surface area contributed by atoms with Gasteiger partial charge in [0.05, 0.1) is 4.90 Å². The molecule has 10 heteroatoms. The van der Waals surface area contributed by atoms with Gasteiger partial charge in [0.15, 0.2) is 12.4 Å². The second-order valence-electron chi connectivity index (χ2n) is 7.58. The molecule has 8 nitrogen and oxygen atoms in total. The van der Waals surface area contributed by atoms with Crippen molar-refractivity contribution >= 4 is 43.4 Å². The number of halogens is 1. The van der Waals surface area contributed by atoms with Gasteiger partial charge >= 0.3 is 0 Å². The number of sulfonamides is 1. The molecule has 0 aliphatic carbocycles. The SMILES string of the molecule is Cc1cc(NS(=O)(=O)c2ccc(NC(=O)COc3cc(C)c(Br)cc3C(C)C)cc2)no1. The lowest BCUT2D eigenvalue weighted by Gasteiger charge is -2.16. The number of hydrogen-bond donors (Lipinski definition) is 2. The van der Waals surface area contributed by atoms with E-state index >= 15 is 0 Å². The number of ether oxygens (including phenoxy) is 1. The Labute approximate surface area is 195 Å². The Bertz CT molecular complexity index is 1220. The van der Waals surface area contributed by atoms with Gasteiger partial charge in [0, 0.05) is 16.2 Å². The molecular weight excluding hydrogens is 498 g/mol. The number of amides is 1. The summed E-state index contributed by atoms with van der Waals surface area (Å²) in [5.41, 5.74) is 2.46. The molecule has 0 unspecified atom stereocenters. The highest BCUT2D eigenvalue weighted by Crippen LogP contribution is 2.32. The van der Waals surface area contributed by atoms with Crippen LogP contribution in [0.15, 0.2) is 56.4 Å². The van der Waals surface area contributed by atoms with Gasteiger partial charge in [0.2, 0.25) is 0 Å². The van der Waals surface area contributed by atoms with Crippen molar-refractivity contribution < 1.29 is 22.5 Å². The van der Waals surface area contributed by atoms with Crippen molar-refractivity contribution in [2.24, 2.45) is 0 Å². The first-order valence-corrected chi connectivity index (χ1v) is 12.1. The van der Waals surface area contributed by atoms with E-state index in [2.05, 4.69) is 45.0 Å². The second kappa shape index (κ2) is 9.74. The van der Waals surface area contributed by atoms with Gasteiger partial charge in [-0.1, -0.05) is 34.9 Å². The van der Waals surface area contributed by atoms with Crippen LogP contribution >= 0.6 is 15.9 Å². The van der Waals surface area contributed by atoms with Gasteiger partial charge in [-0.3, -0.25) is 9.52 Å².